The molecular formula is C21H27ClN2O4S. The van der Waals surface area contributed by atoms with E-state index >= 15 is 0 Å². The Labute approximate surface area is 177 Å². The van der Waals surface area contributed by atoms with Gasteiger partial charge in [-0.05, 0) is 42.2 Å². The predicted molar refractivity (Wildman–Crippen MR) is 117 cm³/mol. The smallest absolute Gasteiger partial charge is 0.241 e. The third-order valence-electron chi connectivity index (χ3n) is 4.37. The number of sulfonamides is 1. The SMILES string of the molecule is COc1ccc([C@H](CC(C)C)NC(=O)CN(c2ccccc2Cl)S(C)(=O)=O)cc1. The molecule has 29 heavy (non-hydrogen) atoms. The van der Waals surface area contributed by atoms with E-state index in [4.69, 9.17) is 16.3 Å². The van der Waals surface area contributed by atoms with Gasteiger partial charge in [0.15, 0.2) is 0 Å². The van der Waals surface area contributed by atoms with Crippen molar-refractivity contribution < 1.29 is 17.9 Å². The van der Waals surface area contributed by atoms with Gasteiger partial charge in [-0.1, -0.05) is 49.7 Å². The average molecular weight is 439 g/mol. The lowest BCUT2D eigenvalue weighted by Crippen LogP contribution is -2.42. The summed E-state index contributed by atoms with van der Waals surface area (Å²) in [7, 11) is -2.10. The molecule has 158 valence electrons. The number of rotatable bonds is 9. The van der Waals surface area contributed by atoms with Gasteiger partial charge in [-0.3, -0.25) is 9.10 Å². The van der Waals surface area contributed by atoms with E-state index < -0.39 is 15.9 Å². The van der Waals surface area contributed by atoms with Crippen LogP contribution in [0.2, 0.25) is 5.02 Å². The minimum atomic E-state index is -3.70. The van der Waals surface area contributed by atoms with Gasteiger partial charge < -0.3 is 10.1 Å². The molecule has 2 rings (SSSR count). The summed E-state index contributed by atoms with van der Waals surface area (Å²) in [6.45, 7) is 3.78. The summed E-state index contributed by atoms with van der Waals surface area (Å²) in [5, 5.41) is 3.23. The van der Waals surface area contributed by atoms with Gasteiger partial charge in [0.1, 0.15) is 12.3 Å². The van der Waals surface area contributed by atoms with Gasteiger partial charge in [0.25, 0.3) is 0 Å². The van der Waals surface area contributed by atoms with Crippen LogP contribution in [0.25, 0.3) is 0 Å². The van der Waals surface area contributed by atoms with Gasteiger partial charge in [-0.2, -0.15) is 0 Å². The average Bonchev–Trinajstić information content (AvgIpc) is 2.65. The number of hydrogen-bond donors (Lipinski definition) is 1. The molecule has 0 unspecified atom stereocenters. The number of para-hydroxylation sites is 1. The fourth-order valence-electron chi connectivity index (χ4n) is 2.99. The first kappa shape index (κ1) is 23.0. The monoisotopic (exact) mass is 438 g/mol. The first-order valence-corrected chi connectivity index (χ1v) is 11.5. The molecule has 0 bridgehead atoms. The van der Waals surface area contributed by atoms with Crippen molar-refractivity contribution in [3.63, 3.8) is 0 Å². The van der Waals surface area contributed by atoms with Crippen molar-refractivity contribution in [3.8, 4) is 5.75 Å². The van der Waals surface area contributed by atoms with E-state index in [1.807, 2.05) is 24.3 Å². The zero-order valence-electron chi connectivity index (χ0n) is 17.1. The molecule has 0 radical (unpaired) electrons. The lowest BCUT2D eigenvalue weighted by Gasteiger charge is -2.26. The predicted octanol–water partition coefficient (Wildman–Crippen LogP) is 4.02. The van der Waals surface area contributed by atoms with Crippen LogP contribution in [0.4, 0.5) is 5.69 Å². The Balaban J connectivity index is 2.23. The highest BCUT2D eigenvalue weighted by atomic mass is 35.5. The standard InChI is InChI=1S/C21H27ClN2O4S/c1-15(2)13-19(16-9-11-17(28-3)12-10-16)23-21(25)14-24(29(4,26)27)20-8-6-5-7-18(20)22/h5-12,15,19H,13-14H2,1-4H3,(H,23,25)/t19-/m0/s1. The molecule has 6 nitrogen and oxygen atoms in total. The first-order valence-electron chi connectivity index (χ1n) is 9.27. The molecule has 0 heterocycles. The molecule has 1 N–H and O–H groups in total. The largest absolute Gasteiger partial charge is 0.497 e. The Hall–Kier alpha value is -2.25. The molecule has 2 aromatic rings. The second-order valence-corrected chi connectivity index (χ2v) is 9.56. The highest BCUT2D eigenvalue weighted by Gasteiger charge is 2.24. The number of carbonyl (C=O) groups excluding carboxylic acids is 1. The van der Waals surface area contributed by atoms with Crippen LogP contribution in [-0.4, -0.2) is 34.2 Å². The molecule has 1 amide bonds. The summed E-state index contributed by atoms with van der Waals surface area (Å²) in [6, 6.07) is 13.8. The molecule has 0 aliphatic rings. The fourth-order valence-corrected chi connectivity index (χ4v) is 4.15. The maximum atomic E-state index is 12.8. The number of nitrogens with one attached hydrogen (secondary N) is 1. The first-order chi connectivity index (χ1) is 13.6. The van der Waals surface area contributed by atoms with E-state index in [-0.39, 0.29) is 23.3 Å². The molecule has 0 saturated carbocycles. The number of hydrogen-bond acceptors (Lipinski definition) is 4. The molecule has 0 spiro atoms. The zero-order chi connectivity index (χ0) is 21.6. The van der Waals surface area contributed by atoms with E-state index in [9.17, 15) is 13.2 Å². The molecule has 0 fully saturated rings. The summed E-state index contributed by atoms with van der Waals surface area (Å²) in [5.74, 6) is 0.652. The lowest BCUT2D eigenvalue weighted by molar-refractivity contribution is -0.120. The number of carbonyl (C=O) groups is 1. The van der Waals surface area contributed by atoms with E-state index in [1.165, 1.54) is 0 Å². The number of ether oxygens (including phenoxy) is 1. The third kappa shape index (κ3) is 6.65. The zero-order valence-corrected chi connectivity index (χ0v) is 18.6. The lowest BCUT2D eigenvalue weighted by atomic mass is 9.97. The molecule has 0 aliphatic carbocycles. The molecule has 0 saturated heterocycles. The highest BCUT2D eigenvalue weighted by molar-refractivity contribution is 7.92. The third-order valence-corrected chi connectivity index (χ3v) is 5.82. The van der Waals surface area contributed by atoms with Crippen molar-refractivity contribution in [1.82, 2.24) is 5.32 Å². The van der Waals surface area contributed by atoms with Crippen molar-refractivity contribution in [2.45, 2.75) is 26.3 Å². The van der Waals surface area contributed by atoms with Crippen LogP contribution in [0.3, 0.4) is 0 Å². The molecule has 1 atom stereocenters. The fraction of sp³-hybridized carbons (Fsp3) is 0.381. The van der Waals surface area contributed by atoms with Crippen LogP contribution in [0, 0.1) is 5.92 Å². The summed E-state index contributed by atoms with van der Waals surface area (Å²) in [6.07, 6.45) is 1.77. The van der Waals surface area contributed by atoms with Crippen molar-refractivity contribution in [2.24, 2.45) is 5.92 Å². The van der Waals surface area contributed by atoms with Crippen LogP contribution < -0.4 is 14.4 Å². The van der Waals surface area contributed by atoms with Gasteiger partial charge >= 0.3 is 0 Å². The quantitative estimate of drug-likeness (QED) is 0.641. The van der Waals surface area contributed by atoms with Crippen LogP contribution in [0.1, 0.15) is 31.9 Å². The van der Waals surface area contributed by atoms with Crippen LogP contribution in [0.15, 0.2) is 48.5 Å². The van der Waals surface area contributed by atoms with Crippen molar-refractivity contribution in [3.05, 3.63) is 59.1 Å². The minimum absolute atomic E-state index is 0.249. The van der Waals surface area contributed by atoms with Gasteiger partial charge in [-0.15, -0.1) is 0 Å². The maximum absolute atomic E-state index is 12.8. The number of nitrogens with zero attached hydrogens (tertiary/aromatic N) is 1. The second-order valence-electron chi connectivity index (χ2n) is 7.24. The van der Waals surface area contributed by atoms with E-state index in [0.717, 1.165) is 21.9 Å². The van der Waals surface area contributed by atoms with Crippen molar-refractivity contribution in [2.75, 3.05) is 24.2 Å². The maximum Gasteiger partial charge on any atom is 0.241 e. The van der Waals surface area contributed by atoms with Gasteiger partial charge in [0, 0.05) is 0 Å². The molecular weight excluding hydrogens is 412 g/mol. The number of halogens is 1. The Morgan fingerprint density at radius 3 is 2.28 bits per heavy atom. The number of anilines is 1. The minimum Gasteiger partial charge on any atom is -0.497 e. The van der Waals surface area contributed by atoms with E-state index in [2.05, 4.69) is 19.2 Å². The van der Waals surface area contributed by atoms with Gasteiger partial charge in [-0.25, -0.2) is 8.42 Å². The Morgan fingerprint density at radius 1 is 1.14 bits per heavy atom. The van der Waals surface area contributed by atoms with Crippen molar-refractivity contribution in [1.29, 1.82) is 0 Å². The Bertz CT molecular complexity index is 930. The van der Waals surface area contributed by atoms with E-state index in [1.54, 1.807) is 31.4 Å². The Kier molecular flexibility index (Phi) is 7.93. The summed E-state index contributed by atoms with van der Waals surface area (Å²) in [5.41, 5.74) is 1.20. The number of benzene rings is 2. The topological polar surface area (TPSA) is 75.7 Å². The molecule has 0 aromatic heterocycles. The summed E-state index contributed by atoms with van der Waals surface area (Å²) < 4.78 is 30.8. The molecule has 0 aliphatic heterocycles. The van der Waals surface area contributed by atoms with E-state index in [0.29, 0.717) is 12.3 Å². The molecule has 8 heteroatoms. The van der Waals surface area contributed by atoms with Crippen molar-refractivity contribution >= 4 is 33.2 Å². The highest BCUT2D eigenvalue weighted by Crippen LogP contribution is 2.28. The Morgan fingerprint density at radius 2 is 1.76 bits per heavy atom. The van der Waals surface area contributed by atoms with Gasteiger partial charge in [0.05, 0.1) is 30.1 Å². The normalized spacial score (nSPS) is 12.5. The number of amides is 1. The van der Waals surface area contributed by atoms with Crippen LogP contribution >= 0.6 is 11.6 Å². The van der Waals surface area contributed by atoms with Crippen LogP contribution in [0.5, 0.6) is 5.75 Å². The number of methoxy groups -OCH3 is 1. The molecule has 2 aromatic carbocycles. The summed E-state index contributed by atoms with van der Waals surface area (Å²) >= 11 is 6.16. The van der Waals surface area contributed by atoms with Gasteiger partial charge in [0.2, 0.25) is 15.9 Å². The van der Waals surface area contributed by atoms with Crippen LogP contribution in [-0.2, 0) is 14.8 Å². The summed E-state index contributed by atoms with van der Waals surface area (Å²) in [4.78, 5) is 12.8. The second kappa shape index (κ2) is 9.98.